The van der Waals surface area contributed by atoms with Gasteiger partial charge in [0.15, 0.2) is 0 Å². The summed E-state index contributed by atoms with van der Waals surface area (Å²) in [4.78, 5) is 2.03. The highest BCUT2D eigenvalue weighted by atomic mass is 79.9. The number of anilines is 1. The first kappa shape index (κ1) is 14.7. The molecule has 2 aromatic heterocycles. The van der Waals surface area contributed by atoms with Crippen LogP contribution < -0.4 is 5.32 Å². The van der Waals surface area contributed by atoms with Gasteiger partial charge in [0.1, 0.15) is 17.3 Å². The van der Waals surface area contributed by atoms with E-state index in [9.17, 15) is 8.78 Å². The van der Waals surface area contributed by atoms with E-state index in [-0.39, 0.29) is 11.7 Å². The highest BCUT2D eigenvalue weighted by molar-refractivity contribution is 9.10. The van der Waals surface area contributed by atoms with Crippen molar-refractivity contribution in [3.05, 3.63) is 73.0 Å². The molecule has 0 aliphatic rings. The lowest BCUT2D eigenvalue weighted by atomic mass is 10.1. The molecule has 0 saturated heterocycles. The zero-order valence-electron chi connectivity index (χ0n) is 10.6. The number of halogens is 3. The van der Waals surface area contributed by atoms with E-state index in [0.717, 1.165) is 9.75 Å². The first-order valence-corrected chi connectivity index (χ1v) is 8.68. The van der Waals surface area contributed by atoms with Gasteiger partial charge in [-0.2, -0.15) is 0 Å². The second kappa shape index (κ2) is 6.25. The number of rotatable bonds is 4. The van der Waals surface area contributed by atoms with Gasteiger partial charge in [0.25, 0.3) is 0 Å². The highest BCUT2D eigenvalue weighted by Crippen LogP contribution is 2.34. The first-order chi connectivity index (χ1) is 10.1. The van der Waals surface area contributed by atoms with Crippen LogP contribution in [-0.2, 0) is 0 Å². The Bertz CT molecular complexity index is 669. The summed E-state index contributed by atoms with van der Waals surface area (Å²) >= 11 is 6.19. The van der Waals surface area contributed by atoms with E-state index in [1.807, 2.05) is 35.0 Å². The Morgan fingerprint density at radius 2 is 1.48 bits per heavy atom. The molecule has 0 unspecified atom stereocenters. The predicted molar refractivity (Wildman–Crippen MR) is 88.2 cm³/mol. The molecular formula is C15H10BrF2NS2. The van der Waals surface area contributed by atoms with Gasteiger partial charge in [-0.05, 0) is 35.0 Å². The van der Waals surface area contributed by atoms with Crippen molar-refractivity contribution in [3.63, 3.8) is 0 Å². The second-order valence-electron chi connectivity index (χ2n) is 4.35. The largest absolute Gasteiger partial charge is 0.368 e. The molecule has 0 spiro atoms. The second-order valence-corrected chi connectivity index (χ2v) is 7.23. The molecule has 0 saturated carbocycles. The van der Waals surface area contributed by atoms with Crippen LogP contribution in [-0.4, -0.2) is 0 Å². The standard InChI is InChI=1S/C15H10BrF2NS2/c16-9-7-10(17)14(11(18)8-9)19-15(12-3-1-5-20-12)13-4-2-6-21-13/h1-8,15,19H. The molecule has 108 valence electrons. The van der Waals surface area contributed by atoms with Crippen molar-refractivity contribution in [1.29, 1.82) is 0 Å². The zero-order valence-corrected chi connectivity index (χ0v) is 13.9. The fourth-order valence-corrected chi connectivity index (χ4v) is 4.08. The van der Waals surface area contributed by atoms with Crippen molar-refractivity contribution >= 4 is 44.3 Å². The third-order valence-corrected chi connectivity index (χ3v) is 5.28. The molecule has 3 rings (SSSR count). The maximum absolute atomic E-state index is 14.0. The molecule has 0 bridgehead atoms. The van der Waals surface area contributed by atoms with E-state index in [4.69, 9.17) is 0 Å². The fraction of sp³-hybridized carbons (Fsp3) is 0.0667. The summed E-state index contributed by atoms with van der Waals surface area (Å²) in [5.74, 6) is -1.22. The van der Waals surface area contributed by atoms with Crippen molar-refractivity contribution in [2.75, 3.05) is 5.32 Å². The predicted octanol–water partition coefficient (Wildman–Crippen LogP) is 6.05. The molecule has 21 heavy (non-hydrogen) atoms. The van der Waals surface area contributed by atoms with Crippen LogP contribution >= 0.6 is 38.6 Å². The number of nitrogens with one attached hydrogen (secondary N) is 1. The average molecular weight is 386 g/mol. The molecule has 1 nitrogen and oxygen atoms in total. The summed E-state index contributed by atoms with van der Waals surface area (Å²) in [5.41, 5.74) is -0.106. The lowest BCUT2D eigenvalue weighted by Crippen LogP contribution is -2.12. The van der Waals surface area contributed by atoms with Crippen LogP contribution in [0, 0.1) is 11.6 Å². The van der Waals surface area contributed by atoms with Crippen LogP contribution in [0.4, 0.5) is 14.5 Å². The van der Waals surface area contributed by atoms with Crippen LogP contribution in [0.3, 0.4) is 0 Å². The van der Waals surface area contributed by atoms with Crippen LogP contribution in [0.1, 0.15) is 15.8 Å². The minimum Gasteiger partial charge on any atom is -0.368 e. The van der Waals surface area contributed by atoms with Crippen LogP contribution in [0.25, 0.3) is 0 Å². The van der Waals surface area contributed by atoms with Gasteiger partial charge in [0.2, 0.25) is 0 Å². The number of benzene rings is 1. The SMILES string of the molecule is Fc1cc(Br)cc(F)c1NC(c1cccs1)c1cccs1. The quantitative estimate of drug-likeness (QED) is 0.576. The molecule has 2 heterocycles. The minimum absolute atomic E-state index is 0.106. The topological polar surface area (TPSA) is 12.0 Å². The van der Waals surface area contributed by atoms with E-state index in [1.165, 1.54) is 12.1 Å². The Morgan fingerprint density at radius 1 is 0.952 bits per heavy atom. The van der Waals surface area contributed by atoms with Crippen molar-refractivity contribution in [1.82, 2.24) is 0 Å². The zero-order chi connectivity index (χ0) is 14.8. The molecule has 6 heteroatoms. The Balaban J connectivity index is 2.00. The maximum atomic E-state index is 14.0. The van der Waals surface area contributed by atoms with Crippen molar-refractivity contribution in [2.45, 2.75) is 6.04 Å². The smallest absolute Gasteiger partial charge is 0.150 e. The average Bonchev–Trinajstić information content (AvgIpc) is 3.11. The Labute approximate surface area is 137 Å². The van der Waals surface area contributed by atoms with Crippen molar-refractivity contribution in [3.8, 4) is 0 Å². The number of hydrogen-bond donors (Lipinski definition) is 1. The molecule has 1 aromatic carbocycles. The lowest BCUT2D eigenvalue weighted by molar-refractivity contribution is 0.585. The first-order valence-electron chi connectivity index (χ1n) is 6.13. The molecule has 0 amide bonds. The normalized spacial score (nSPS) is 11.0. The van der Waals surface area contributed by atoms with Crippen molar-refractivity contribution in [2.24, 2.45) is 0 Å². The summed E-state index contributed by atoms with van der Waals surface area (Å²) in [6.07, 6.45) is 0. The summed E-state index contributed by atoms with van der Waals surface area (Å²) < 4.78 is 28.4. The number of thiophene rings is 2. The lowest BCUT2D eigenvalue weighted by Gasteiger charge is -2.18. The van der Waals surface area contributed by atoms with E-state index >= 15 is 0 Å². The van der Waals surface area contributed by atoms with Gasteiger partial charge in [0, 0.05) is 14.2 Å². The Kier molecular flexibility index (Phi) is 4.37. The van der Waals surface area contributed by atoms with Crippen LogP contribution in [0.2, 0.25) is 0 Å². The third-order valence-electron chi connectivity index (χ3n) is 2.95. The molecule has 0 aliphatic carbocycles. The van der Waals surface area contributed by atoms with Gasteiger partial charge >= 0.3 is 0 Å². The molecule has 3 aromatic rings. The minimum atomic E-state index is -0.611. The van der Waals surface area contributed by atoms with Crippen LogP contribution in [0.5, 0.6) is 0 Å². The molecule has 0 fully saturated rings. The fourth-order valence-electron chi connectivity index (χ4n) is 2.02. The van der Waals surface area contributed by atoms with Gasteiger partial charge in [-0.3, -0.25) is 0 Å². The highest BCUT2D eigenvalue weighted by Gasteiger charge is 2.20. The summed E-state index contributed by atoms with van der Waals surface area (Å²) in [6, 6.07) is 10.0. The Hall–Kier alpha value is -1.24. The van der Waals surface area contributed by atoms with Gasteiger partial charge in [-0.1, -0.05) is 28.1 Å². The van der Waals surface area contributed by atoms with E-state index in [1.54, 1.807) is 22.7 Å². The monoisotopic (exact) mass is 385 g/mol. The van der Waals surface area contributed by atoms with Gasteiger partial charge in [-0.25, -0.2) is 8.78 Å². The third kappa shape index (κ3) is 3.17. The Morgan fingerprint density at radius 3 is 1.90 bits per heavy atom. The molecule has 0 atom stereocenters. The van der Waals surface area contributed by atoms with E-state index < -0.39 is 11.6 Å². The molecule has 0 aliphatic heterocycles. The summed E-state index contributed by atoms with van der Waals surface area (Å²) in [7, 11) is 0. The molecule has 1 N–H and O–H groups in total. The van der Waals surface area contributed by atoms with Crippen LogP contribution in [0.15, 0.2) is 51.6 Å². The summed E-state index contributed by atoms with van der Waals surface area (Å²) in [5, 5.41) is 6.90. The van der Waals surface area contributed by atoms with E-state index in [0.29, 0.717) is 4.47 Å². The molecular weight excluding hydrogens is 376 g/mol. The number of hydrogen-bond acceptors (Lipinski definition) is 3. The van der Waals surface area contributed by atoms with Gasteiger partial charge in [-0.15, -0.1) is 22.7 Å². The molecule has 0 radical (unpaired) electrons. The van der Waals surface area contributed by atoms with E-state index in [2.05, 4.69) is 21.2 Å². The van der Waals surface area contributed by atoms with Crippen molar-refractivity contribution < 1.29 is 8.78 Å². The van der Waals surface area contributed by atoms with Gasteiger partial charge in [0.05, 0.1) is 6.04 Å². The van der Waals surface area contributed by atoms with Gasteiger partial charge < -0.3 is 5.32 Å². The maximum Gasteiger partial charge on any atom is 0.150 e. The summed E-state index contributed by atoms with van der Waals surface area (Å²) in [6.45, 7) is 0.